The molecule has 43 heavy (non-hydrogen) atoms. The molecule has 4 rings (SSSR count). The lowest BCUT2D eigenvalue weighted by Gasteiger charge is -2.35. The van der Waals surface area contributed by atoms with Crippen molar-refractivity contribution in [2.24, 2.45) is 11.8 Å². The highest BCUT2D eigenvalue weighted by molar-refractivity contribution is 7.89. The molecular weight excluding hydrogens is 579 g/mol. The molecule has 0 amide bonds. The minimum Gasteiger partial charge on any atom is -0.381 e. The van der Waals surface area contributed by atoms with E-state index in [0.29, 0.717) is 43.0 Å². The van der Waals surface area contributed by atoms with Crippen LogP contribution in [0.15, 0.2) is 34.1 Å². The second-order valence-electron chi connectivity index (χ2n) is 14.6. The van der Waals surface area contributed by atoms with Crippen molar-refractivity contribution in [3.63, 3.8) is 0 Å². The van der Waals surface area contributed by atoms with Crippen molar-refractivity contribution in [1.29, 1.82) is 0 Å². The van der Waals surface area contributed by atoms with E-state index in [0.717, 1.165) is 46.8 Å². The summed E-state index contributed by atoms with van der Waals surface area (Å²) >= 11 is 0. The molecule has 2 fully saturated rings. The van der Waals surface area contributed by atoms with E-state index in [1.165, 1.54) is 32.1 Å². The molecule has 2 aliphatic rings. The minimum absolute atomic E-state index is 0.250. The van der Waals surface area contributed by atoms with Gasteiger partial charge in [0.15, 0.2) is 0 Å². The van der Waals surface area contributed by atoms with Gasteiger partial charge < -0.3 is 9.30 Å². The quantitative estimate of drug-likeness (QED) is 0.300. The molecule has 9 heteroatoms. The Hall–Kier alpha value is -1.52. The molecule has 1 atom stereocenters. The SMILES string of the molecule is CCN(S(=O)c1ccc(-c2cc(S(=O)(=O)NCC3CCOCC3)c(C)n2CC2CCCCC2)cc1C(C)(C)C)C(C)(C)C. The predicted molar refractivity (Wildman–Crippen MR) is 177 cm³/mol. The van der Waals surface area contributed by atoms with Crippen LogP contribution in [-0.4, -0.2) is 53.3 Å². The molecule has 0 radical (unpaired) electrons. The number of sulfonamides is 1. The van der Waals surface area contributed by atoms with E-state index in [4.69, 9.17) is 4.74 Å². The molecule has 7 nitrogen and oxygen atoms in total. The van der Waals surface area contributed by atoms with E-state index in [1.54, 1.807) is 0 Å². The van der Waals surface area contributed by atoms with Crippen LogP contribution in [0.2, 0.25) is 0 Å². The van der Waals surface area contributed by atoms with Gasteiger partial charge in [-0.05, 0) is 100.0 Å². The molecule has 2 heterocycles. The molecule has 1 unspecified atom stereocenters. The maximum absolute atomic E-state index is 14.0. The molecule has 0 bridgehead atoms. The fraction of sp³-hybridized carbons (Fsp3) is 0.706. The smallest absolute Gasteiger partial charge is 0.242 e. The number of nitrogens with one attached hydrogen (secondary N) is 1. The van der Waals surface area contributed by atoms with Crippen LogP contribution >= 0.6 is 0 Å². The molecule has 1 aromatic carbocycles. The van der Waals surface area contributed by atoms with Crippen molar-refractivity contribution in [3.8, 4) is 11.3 Å². The van der Waals surface area contributed by atoms with Gasteiger partial charge in [-0.15, -0.1) is 0 Å². The topological polar surface area (TPSA) is 80.6 Å². The third kappa shape index (κ3) is 8.20. The summed E-state index contributed by atoms with van der Waals surface area (Å²) in [5, 5.41) is 0. The fourth-order valence-electron chi connectivity index (χ4n) is 6.64. The summed E-state index contributed by atoms with van der Waals surface area (Å²) in [5.74, 6) is 0.828. The van der Waals surface area contributed by atoms with E-state index in [1.807, 2.05) is 36.4 Å². The number of hydrogen-bond acceptors (Lipinski definition) is 4. The van der Waals surface area contributed by atoms with Crippen LogP contribution < -0.4 is 4.72 Å². The zero-order valence-electron chi connectivity index (χ0n) is 27.8. The predicted octanol–water partition coefficient (Wildman–Crippen LogP) is 7.19. The Kier molecular flexibility index (Phi) is 11.1. The Morgan fingerprint density at radius 3 is 2.21 bits per heavy atom. The van der Waals surface area contributed by atoms with Crippen LogP contribution in [0, 0.1) is 18.8 Å². The van der Waals surface area contributed by atoms with Crippen molar-refractivity contribution in [1.82, 2.24) is 13.6 Å². The second kappa shape index (κ2) is 13.9. The molecule has 242 valence electrons. The molecule has 1 saturated carbocycles. The molecule has 1 aliphatic carbocycles. The molecule has 2 aromatic rings. The van der Waals surface area contributed by atoms with E-state index in [-0.39, 0.29) is 11.0 Å². The Morgan fingerprint density at radius 1 is 0.977 bits per heavy atom. The largest absolute Gasteiger partial charge is 0.381 e. The first-order valence-corrected chi connectivity index (χ1v) is 18.8. The molecule has 1 N–H and O–H groups in total. The van der Waals surface area contributed by atoms with Gasteiger partial charge in [0.25, 0.3) is 0 Å². The van der Waals surface area contributed by atoms with Crippen LogP contribution in [0.4, 0.5) is 0 Å². The highest BCUT2D eigenvalue weighted by Gasteiger charge is 2.32. The van der Waals surface area contributed by atoms with Gasteiger partial charge in [0.1, 0.15) is 15.9 Å². The summed E-state index contributed by atoms with van der Waals surface area (Å²) in [6.45, 7) is 20.1. The van der Waals surface area contributed by atoms with Crippen LogP contribution in [0.1, 0.15) is 105 Å². The average molecular weight is 634 g/mol. The number of ether oxygens (including phenoxy) is 1. The van der Waals surface area contributed by atoms with Gasteiger partial charge in [0, 0.05) is 49.8 Å². The zero-order chi connectivity index (χ0) is 31.6. The van der Waals surface area contributed by atoms with Crippen molar-refractivity contribution in [2.75, 3.05) is 26.3 Å². The van der Waals surface area contributed by atoms with E-state index < -0.39 is 21.0 Å². The Balaban J connectivity index is 1.78. The highest BCUT2D eigenvalue weighted by atomic mass is 32.2. The molecule has 1 aliphatic heterocycles. The summed E-state index contributed by atoms with van der Waals surface area (Å²) < 4.78 is 54.2. The summed E-state index contributed by atoms with van der Waals surface area (Å²) in [5.41, 5.74) is 3.19. The maximum atomic E-state index is 14.0. The van der Waals surface area contributed by atoms with Gasteiger partial charge in [-0.3, -0.25) is 0 Å². The number of benzene rings is 1. The number of rotatable bonds is 10. The average Bonchev–Trinajstić information content (AvgIpc) is 3.28. The monoisotopic (exact) mass is 633 g/mol. The first-order chi connectivity index (χ1) is 20.1. The fourth-order valence-corrected chi connectivity index (χ4v) is 9.72. The van der Waals surface area contributed by atoms with Crippen LogP contribution in [-0.2, 0) is 37.7 Å². The lowest BCUT2D eigenvalue weighted by Crippen LogP contribution is -2.42. The molecular formula is C34H55N3O4S2. The van der Waals surface area contributed by atoms with Crippen molar-refractivity contribution in [3.05, 3.63) is 35.5 Å². The van der Waals surface area contributed by atoms with Gasteiger partial charge in [0.05, 0.1) is 4.90 Å². The third-order valence-corrected chi connectivity index (χ3v) is 12.7. The first-order valence-electron chi connectivity index (χ1n) is 16.3. The lowest BCUT2D eigenvalue weighted by atomic mass is 9.85. The second-order valence-corrected chi connectivity index (χ2v) is 17.7. The highest BCUT2D eigenvalue weighted by Crippen LogP contribution is 2.38. The number of nitrogens with zero attached hydrogens (tertiary/aromatic N) is 2. The van der Waals surface area contributed by atoms with Crippen LogP contribution in [0.5, 0.6) is 0 Å². The number of aromatic nitrogens is 1. The van der Waals surface area contributed by atoms with E-state index in [2.05, 4.69) is 56.9 Å². The molecule has 1 saturated heterocycles. The molecule has 0 spiro atoms. The summed E-state index contributed by atoms with van der Waals surface area (Å²) in [6.07, 6.45) is 7.84. The Morgan fingerprint density at radius 2 is 1.63 bits per heavy atom. The molecule has 1 aromatic heterocycles. The van der Waals surface area contributed by atoms with Gasteiger partial charge >= 0.3 is 0 Å². The Bertz CT molecular complexity index is 1370. The summed E-state index contributed by atoms with van der Waals surface area (Å²) in [6, 6.07) is 8.07. The maximum Gasteiger partial charge on any atom is 0.242 e. The lowest BCUT2D eigenvalue weighted by molar-refractivity contribution is 0.0678. The van der Waals surface area contributed by atoms with Crippen LogP contribution in [0.3, 0.4) is 0 Å². The minimum atomic E-state index is -3.70. The van der Waals surface area contributed by atoms with Gasteiger partial charge in [-0.1, -0.05) is 53.0 Å². The normalized spacial score (nSPS) is 18.8. The standard InChI is InChI=1S/C34H55N3O4S2/c1-9-37(34(6,7)8)42(38)31-16-15-28(21-29(31)33(3,4)5)30-22-32(25(2)36(30)24-27-13-11-10-12-14-27)43(39,40)35-23-26-17-19-41-20-18-26/h15-16,21-22,26-27,35H,9-14,17-20,23-24H2,1-8H3. The zero-order valence-corrected chi connectivity index (χ0v) is 29.4. The van der Waals surface area contributed by atoms with Gasteiger partial charge in [-0.2, -0.15) is 0 Å². The third-order valence-electron chi connectivity index (χ3n) is 9.19. The van der Waals surface area contributed by atoms with Gasteiger partial charge in [-0.25, -0.2) is 21.7 Å². The Labute approximate surface area is 263 Å². The van der Waals surface area contributed by atoms with Gasteiger partial charge in [0.2, 0.25) is 10.0 Å². The van der Waals surface area contributed by atoms with E-state index >= 15 is 0 Å². The van der Waals surface area contributed by atoms with Crippen molar-refractivity contribution < 1.29 is 17.4 Å². The summed E-state index contributed by atoms with van der Waals surface area (Å²) in [4.78, 5) is 1.18. The van der Waals surface area contributed by atoms with Crippen molar-refractivity contribution in [2.45, 2.75) is 128 Å². The first kappa shape index (κ1) is 34.4. The number of hydrogen-bond donors (Lipinski definition) is 1. The van der Waals surface area contributed by atoms with Crippen molar-refractivity contribution >= 4 is 21.0 Å². The van der Waals surface area contributed by atoms with Crippen LogP contribution in [0.25, 0.3) is 11.3 Å². The van der Waals surface area contributed by atoms with E-state index in [9.17, 15) is 12.6 Å². The summed E-state index contributed by atoms with van der Waals surface area (Å²) in [7, 11) is -5.03.